The number of thiophene rings is 1. The highest BCUT2D eigenvalue weighted by atomic mass is 32.2. The van der Waals surface area contributed by atoms with E-state index in [0.29, 0.717) is 27.3 Å². The Balaban J connectivity index is 1.36. The van der Waals surface area contributed by atoms with E-state index in [0.717, 1.165) is 47.9 Å². The number of hydrogen-bond donors (Lipinski definition) is 2. The molecule has 1 aliphatic rings. The number of aryl methyl sites for hydroxylation is 1. The molecule has 1 aromatic carbocycles. The van der Waals surface area contributed by atoms with Gasteiger partial charge in [0.05, 0.1) is 18.4 Å². The summed E-state index contributed by atoms with van der Waals surface area (Å²) < 4.78 is 24.7. The molecule has 2 heterocycles. The molecular weight excluding hydrogens is 469 g/mol. The van der Waals surface area contributed by atoms with E-state index in [-0.39, 0.29) is 24.1 Å². The lowest BCUT2D eigenvalue weighted by atomic mass is 9.95. The number of nitrogens with zero attached hydrogens (tertiary/aromatic N) is 3. The van der Waals surface area contributed by atoms with Crippen LogP contribution < -0.4 is 15.9 Å². The van der Waals surface area contributed by atoms with E-state index in [2.05, 4.69) is 15.5 Å². The summed E-state index contributed by atoms with van der Waals surface area (Å²) in [7, 11) is 1.34. The molecule has 0 atom stereocenters. The zero-order valence-electron chi connectivity index (χ0n) is 17.8. The van der Waals surface area contributed by atoms with Crippen molar-refractivity contribution in [3.05, 3.63) is 51.9 Å². The summed E-state index contributed by atoms with van der Waals surface area (Å²) in [4.78, 5) is 26.0. The van der Waals surface area contributed by atoms with E-state index in [1.54, 1.807) is 0 Å². The van der Waals surface area contributed by atoms with E-state index >= 15 is 0 Å². The van der Waals surface area contributed by atoms with Gasteiger partial charge in [-0.1, -0.05) is 11.8 Å². The summed E-state index contributed by atoms with van der Waals surface area (Å²) in [5.41, 5.74) is 1.44. The number of benzene rings is 1. The predicted molar refractivity (Wildman–Crippen MR) is 123 cm³/mol. The second kappa shape index (κ2) is 10.2. The number of ether oxygens (including phenoxy) is 2. The first-order valence-electron chi connectivity index (χ1n) is 10.2. The molecule has 4 rings (SSSR count). The van der Waals surface area contributed by atoms with Gasteiger partial charge < -0.3 is 20.6 Å². The van der Waals surface area contributed by atoms with E-state index in [1.807, 2.05) is 0 Å². The van der Waals surface area contributed by atoms with Crippen LogP contribution in [0.15, 0.2) is 29.4 Å². The van der Waals surface area contributed by atoms with Crippen molar-refractivity contribution >= 4 is 40.0 Å². The van der Waals surface area contributed by atoms with Crippen molar-refractivity contribution in [3.8, 4) is 5.75 Å². The largest absolute Gasteiger partial charge is 0.486 e. The molecule has 174 valence electrons. The monoisotopic (exact) mass is 491 g/mol. The van der Waals surface area contributed by atoms with Gasteiger partial charge in [0, 0.05) is 4.88 Å². The Morgan fingerprint density at radius 2 is 2.00 bits per heavy atom. The minimum Gasteiger partial charge on any atom is -0.486 e. The van der Waals surface area contributed by atoms with Crippen molar-refractivity contribution in [2.75, 3.05) is 24.0 Å². The summed E-state index contributed by atoms with van der Waals surface area (Å²) >= 11 is 2.54. The summed E-state index contributed by atoms with van der Waals surface area (Å²) in [6.07, 6.45) is 3.78. The molecule has 3 N–H and O–H groups in total. The Labute approximate surface area is 197 Å². The van der Waals surface area contributed by atoms with Crippen molar-refractivity contribution in [3.63, 3.8) is 0 Å². The van der Waals surface area contributed by atoms with Crippen molar-refractivity contribution in [2.24, 2.45) is 0 Å². The molecule has 3 aromatic rings. The molecule has 0 unspecified atom stereocenters. The smallest absolute Gasteiger partial charge is 0.341 e. The molecule has 0 spiro atoms. The van der Waals surface area contributed by atoms with Crippen LogP contribution in [-0.4, -0.2) is 39.6 Å². The Kier molecular flexibility index (Phi) is 7.14. The van der Waals surface area contributed by atoms with Crippen LogP contribution in [0.2, 0.25) is 0 Å². The molecule has 2 aromatic heterocycles. The highest BCUT2D eigenvalue weighted by molar-refractivity contribution is 7.99. The molecule has 0 fully saturated rings. The maximum Gasteiger partial charge on any atom is 0.341 e. The SMILES string of the molecule is COC(=O)c1c(NC(=O)CSc2nnc(COc3ccc(F)cc3)n2N)sc2c1CCCC2. The number of amides is 1. The number of thioether (sulfide) groups is 1. The molecule has 0 bridgehead atoms. The van der Waals surface area contributed by atoms with Crippen molar-refractivity contribution < 1.29 is 23.5 Å². The number of carbonyl (C=O) groups excluding carboxylic acids is 2. The summed E-state index contributed by atoms with van der Waals surface area (Å²) in [6.45, 7) is 0.0329. The van der Waals surface area contributed by atoms with Crippen LogP contribution in [0, 0.1) is 5.82 Å². The zero-order valence-corrected chi connectivity index (χ0v) is 19.4. The maximum atomic E-state index is 13.0. The van der Waals surface area contributed by atoms with Gasteiger partial charge in [-0.25, -0.2) is 13.9 Å². The zero-order chi connectivity index (χ0) is 23.4. The normalized spacial score (nSPS) is 12.8. The van der Waals surface area contributed by atoms with E-state index in [4.69, 9.17) is 15.3 Å². The fourth-order valence-corrected chi connectivity index (χ4v) is 5.42. The highest BCUT2D eigenvalue weighted by Gasteiger charge is 2.27. The molecule has 9 nitrogen and oxygen atoms in total. The number of nitrogen functional groups attached to an aromatic ring is 1. The van der Waals surface area contributed by atoms with Gasteiger partial charge in [-0.15, -0.1) is 21.5 Å². The number of esters is 1. The number of hydrogen-bond acceptors (Lipinski definition) is 9. The van der Waals surface area contributed by atoms with Crippen molar-refractivity contribution in [1.82, 2.24) is 14.9 Å². The first-order chi connectivity index (χ1) is 16.0. The fourth-order valence-electron chi connectivity index (χ4n) is 3.45. The number of rotatable bonds is 8. The average molecular weight is 492 g/mol. The fraction of sp³-hybridized carbons (Fsp3) is 0.333. The lowest BCUT2D eigenvalue weighted by Gasteiger charge is -2.11. The van der Waals surface area contributed by atoms with Gasteiger partial charge in [-0.3, -0.25) is 4.79 Å². The summed E-state index contributed by atoms with van der Waals surface area (Å²) in [6, 6.07) is 5.57. The van der Waals surface area contributed by atoms with Crippen LogP contribution in [0.1, 0.15) is 39.5 Å². The second-order valence-corrected chi connectivity index (χ2v) is 9.30. The minimum absolute atomic E-state index is 0.0251. The molecule has 0 aliphatic heterocycles. The third kappa shape index (κ3) is 5.28. The first kappa shape index (κ1) is 23.1. The molecule has 1 aliphatic carbocycles. The van der Waals surface area contributed by atoms with Crippen LogP contribution in [0.25, 0.3) is 0 Å². The van der Waals surface area contributed by atoms with Gasteiger partial charge in [0.25, 0.3) is 0 Å². The van der Waals surface area contributed by atoms with E-state index < -0.39 is 5.97 Å². The lowest BCUT2D eigenvalue weighted by molar-refractivity contribution is -0.113. The van der Waals surface area contributed by atoms with Gasteiger partial charge in [-0.2, -0.15) is 0 Å². The summed E-state index contributed by atoms with van der Waals surface area (Å²) in [5, 5.41) is 11.7. The van der Waals surface area contributed by atoms with Gasteiger partial charge in [0.15, 0.2) is 5.82 Å². The highest BCUT2D eigenvalue weighted by Crippen LogP contribution is 2.38. The van der Waals surface area contributed by atoms with Crippen molar-refractivity contribution in [1.29, 1.82) is 0 Å². The van der Waals surface area contributed by atoms with Crippen molar-refractivity contribution in [2.45, 2.75) is 37.4 Å². The third-order valence-corrected chi connectivity index (χ3v) is 7.21. The number of carbonyl (C=O) groups is 2. The van der Waals surface area contributed by atoms with Crippen LogP contribution in [0.3, 0.4) is 0 Å². The van der Waals surface area contributed by atoms with Crippen LogP contribution >= 0.6 is 23.1 Å². The molecular formula is C21H22FN5O4S2. The Hall–Kier alpha value is -3.12. The number of fused-ring (bicyclic) bond motifs is 1. The molecule has 12 heteroatoms. The molecule has 0 radical (unpaired) electrons. The molecule has 33 heavy (non-hydrogen) atoms. The molecule has 0 saturated heterocycles. The van der Waals surface area contributed by atoms with Gasteiger partial charge in [-0.05, 0) is 55.5 Å². The van der Waals surface area contributed by atoms with Gasteiger partial charge >= 0.3 is 5.97 Å². The number of nitrogens with two attached hydrogens (primary N) is 1. The average Bonchev–Trinajstić information content (AvgIpc) is 3.36. The number of aromatic nitrogens is 3. The van der Waals surface area contributed by atoms with Crippen LogP contribution in [-0.2, 0) is 29.0 Å². The second-order valence-electron chi connectivity index (χ2n) is 7.25. The van der Waals surface area contributed by atoms with E-state index in [9.17, 15) is 14.0 Å². The quantitative estimate of drug-likeness (QED) is 0.280. The third-order valence-electron chi connectivity index (χ3n) is 5.06. The number of anilines is 1. The maximum absolute atomic E-state index is 13.0. The number of halogens is 1. The number of nitrogens with one attached hydrogen (secondary N) is 1. The lowest BCUT2D eigenvalue weighted by Crippen LogP contribution is -2.19. The Morgan fingerprint density at radius 3 is 2.76 bits per heavy atom. The molecule has 1 amide bonds. The van der Waals surface area contributed by atoms with Gasteiger partial charge in [0.1, 0.15) is 23.2 Å². The molecule has 0 saturated carbocycles. The Bertz CT molecular complexity index is 1160. The van der Waals surface area contributed by atoms with Crippen LogP contribution in [0.4, 0.5) is 9.39 Å². The first-order valence-corrected chi connectivity index (χ1v) is 12.0. The van der Waals surface area contributed by atoms with Gasteiger partial charge in [0.2, 0.25) is 11.1 Å². The number of methoxy groups -OCH3 is 1. The minimum atomic E-state index is -0.440. The summed E-state index contributed by atoms with van der Waals surface area (Å²) in [5.74, 6) is 5.76. The topological polar surface area (TPSA) is 121 Å². The van der Waals surface area contributed by atoms with Crippen LogP contribution in [0.5, 0.6) is 5.75 Å². The Morgan fingerprint density at radius 1 is 1.24 bits per heavy atom. The predicted octanol–water partition coefficient (Wildman–Crippen LogP) is 3.17. The standard InChI is InChI=1S/C21H22FN5O4S2/c1-30-20(29)18-14-4-2-3-5-15(14)33-19(18)24-17(28)11-32-21-26-25-16(27(21)23)10-31-13-8-6-12(22)7-9-13/h6-9H,2-5,10-11,23H2,1H3,(H,24,28). The van der Waals surface area contributed by atoms with E-state index in [1.165, 1.54) is 47.4 Å².